The van der Waals surface area contributed by atoms with Crippen molar-refractivity contribution in [2.75, 3.05) is 13.1 Å². The highest BCUT2D eigenvalue weighted by molar-refractivity contribution is 5.85. The highest BCUT2D eigenvalue weighted by Crippen LogP contribution is 2.36. The summed E-state index contributed by atoms with van der Waals surface area (Å²) in [6.07, 6.45) is 6.34. The van der Waals surface area contributed by atoms with Gasteiger partial charge in [-0.2, -0.15) is 0 Å². The van der Waals surface area contributed by atoms with Gasteiger partial charge >= 0.3 is 0 Å². The Kier molecular flexibility index (Phi) is 3.96. The van der Waals surface area contributed by atoms with Crippen LogP contribution in [-0.2, 0) is 5.60 Å². The zero-order valence-corrected chi connectivity index (χ0v) is 12.9. The van der Waals surface area contributed by atoms with Gasteiger partial charge in [0, 0.05) is 30.4 Å². The lowest BCUT2D eigenvalue weighted by Crippen LogP contribution is -2.33. The van der Waals surface area contributed by atoms with Crippen LogP contribution >= 0.6 is 0 Å². The lowest BCUT2D eigenvalue weighted by atomic mass is 9.84. The Labute approximate surface area is 126 Å². The first-order valence-electron chi connectivity index (χ1n) is 7.90. The topological polar surface area (TPSA) is 36.4 Å². The number of pyridine rings is 1. The monoisotopic (exact) mass is 284 g/mol. The van der Waals surface area contributed by atoms with Crippen molar-refractivity contribution in [1.82, 2.24) is 9.88 Å². The van der Waals surface area contributed by atoms with E-state index in [0.29, 0.717) is 6.04 Å². The normalized spacial score (nSPS) is 24.4. The zero-order chi connectivity index (χ0) is 14.9. The molecule has 2 heterocycles. The van der Waals surface area contributed by atoms with E-state index in [1.54, 1.807) is 0 Å². The van der Waals surface area contributed by atoms with Crippen molar-refractivity contribution in [2.45, 2.75) is 44.8 Å². The first-order valence-corrected chi connectivity index (χ1v) is 7.90. The number of hydrogen-bond acceptors (Lipinski definition) is 3. The third kappa shape index (κ3) is 2.81. The van der Waals surface area contributed by atoms with Gasteiger partial charge in [-0.1, -0.05) is 18.2 Å². The molecule has 1 saturated heterocycles. The number of rotatable bonds is 2. The van der Waals surface area contributed by atoms with Gasteiger partial charge in [-0.3, -0.25) is 4.98 Å². The molecule has 0 spiro atoms. The molecule has 1 N–H and O–H groups in total. The molecule has 3 nitrogen and oxygen atoms in total. The number of aliphatic hydroxyl groups is 1. The smallest absolute Gasteiger partial charge is 0.0915 e. The lowest BCUT2D eigenvalue weighted by molar-refractivity contribution is 0.0218. The minimum atomic E-state index is -0.730. The van der Waals surface area contributed by atoms with E-state index in [1.165, 1.54) is 0 Å². The maximum absolute atomic E-state index is 11.3. The highest BCUT2D eigenvalue weighted by Gasteiger charge is 2.33. The molecule has 1 aromatic heterocycles. The average molecular weight is 284 g/mol. The average Bonchev–Trinajstić information content (AvgIpc) is 2.69. The van der Waals surface area contributed by atoms with Gasteiger partial charge in [-0.05, 0) is 56.7 Å². The van der Waals surface area contributed by atoms with E-state index in [4.69, 9.17) is 0 Å². The molecule has 0 radical (unpaired) electrons. The Balaban J connectivity index is 1.97. The van der Waals surface area contributed by atoms with Crippen LogP contribution in [0.1, 0.15) is 38.7 Å². The summed E-state index contributed by atoms with van der Waals surface area (Å²) in [7, 11) is 0. The Morgan fingerprint density at radius 1 is 1.19 bits per heavy atom. The molecule has 112 valence electrons. The van der Waals surface area contributed by atoms with E-state index in [1.807, 2.05) is 24.5 Å². The Hall–Kier alpha value is -1.45. The van der Waals surface area contributed by atoms with Gasteiger partial charge in [-0.15, -0.1) is 0 Å². The third-order valence-corrected chi connectivity index (χ3v) is 4.76. The van der Waals surface area contributed by atoms with Crippen LogP contribution in [-0.4, -0.2) is 34.1 Å². The summed E-state index contributed by atoms with van der Waals surface area (Å²) < 4.78 is 0. The molecule has 0 amide bonds. The van der Waals surface area contributed by atoms with E-state index >= 15 is 0 Å². The molecule has 1 aromatic carbocycles. The van der Waals surface area contributed by atoms with Crippen molar-refractivity contribution in [2.24, 2.45) is 0 Å². The maximum Gasteiger partial charge on any atom is 0.0915 e. The zero-order valence-electron chi connectivity index (χ0n) is 12.9. The molecule has 0 bridgehead atoms. The van der Waals surface area contributed by atoms with Crippen molar-refractivity contribution < 1.29 is 5.11 Å². The predicted molar refractivity (Wildman–Crippen MR) is 86.2 cm³/mol. The molecule has 3 heteroatoms. The van der Waals surface area contributed by atoms with Gasteiger partial charge in [0.1, 0.15) is 0 Å². The summed E-state index contributed by atoms with van der Waals surface area (Å²) >= 11 is 0. The van der Waals surface area contributed by atoms with E-state index in [9.17, 15) is 5.11 Å². The van der Waals surface area contributed by atoms with E-state index in [0.717, 1.165) is 48.7 Å². The van der Waals surface area contributed by atoms with Gasteiger partial charge in [0.2, 0.25) is 0 Å². The third-order valence-electron chi connectivity index (χ3n) is 4.76. The van der Waals surface area contributed by atoms with Crippen LogP contribution in [0.15, 0.2) is 36.7 Å². The summed E-state index contributed by atoms with van der Waals surface area (Å²) in [5.41, 5.74) is 0.310. The Bertz CT molecular complexity index is 620. The fourth-order valence-electron chi connectivity index (χ4n) is 3.44. The standard InChI is InChI=1S/C18H24N2O/c1-14(2)20-11-4-8-18(21,9-12-20)17-6-3-5-15-7-10-19-13-16(15)17/h3,5-7,10,13-14,21H,4,8-9,11-12H2,1-2H3. The van der Waals surface area contributed by atoms with Crippen molar-refractivity contribution in [3.63, 3.8) is 0 Å². The fourth-order valence-corrected chi connectivity index (χ4v) is 3.44. The van der Waals surface area contributed by atoms with E-state index in [-0.39, 0.29) is 0 Å². The minimum absolute atomic E-state index is 0.543. The summed E-state index contributed by atoms with van der Waals surface area (Å²) in [5.74, 6) is 0. The molecule has 1 unspecified atom stereocenters. The van der Waals surface area contributed by atoms with Crippen molar-refractivity contribution in [3.05, 3.63) is 42.2 Å². The summed E-state index contributed by atoms with van der Waals surface area (Å²) in [6, 6.07) is 8.75. The van der Waals surface area contributed by atoms with Gasteiger partial charge in [0.15, 0.2) is 0 Å². The van der Waals surface area contributed by atoms with Crippen LogP contribution in [0.5, 0.6) is 0 Å². The number of benzene rings is 1. The number of nitrogens with zero attached hydrogens (tertiary/aromatic N) is 2. The number of aromatic nitrogens is 1. The van der Waals surface area contributed by atoms with Gasteiger partial charge < -0.3 is 10.0 Å². The van der Waals surface area contributed by atoms with Gasteiger partial charge in [0.05, 0.1) is 5.60 Å². The molecule has 1 aliphatic rings. The fraction of sp³-hybridized carbons (Fsp3) is 0.500. The van der Waals surface area contributed by atoms with Gasteiger partial charge in [0.25, 0.3) is 0 Å². The summed E-state index contributed by atoms with van der Waals surface area (Å²) in [5, 5.41) is 13.5. The molecular formula is C18H24N2O. The van der Waals surface area contributed by atoms with Crippen molar-refractivity contribution >= 4 is 10.8 Å². The van der Waals surface area contributed by atoms with E-state index in [2.05, 4.69) is 35.9 Å². The van der Waals surface area contributed by atoms with Crippen LogP contribution in [0.25, 0.3) is 10.8 Å². The number of likely N-dealkylation sites (tertiary alicyclic amines) is 1. The Morgan fingerprint density at radius 2 is 2.05 bits per heavy atom. The van der Waals surface area contributed by atoms with Crippen molar-refractivity contribution in [1.29, 1.82) is 0 Å². The van der Waals surface area contributed by atoms with Crippen LogP contribution in [0, 0.1) is 0 Å². The van der Waals surface area contributed by atoms with Crippen LogP contribution < -0.4 is 0 Å². The molecule has 21 heavy (non-hydrogen) atoms. The maximum atomic E-state index is 11.3. The second kappa shape index (κ2) is 5.74. The first-order chi connectivity index (χ1) is 10.1. The summed E-state index contributed by atoms with van der Waals surface area (Å²) in [4.78, 5) is 6.70. The molecule has 1 fully saturated rings. The molecule has 2 aromatic rings. The second-order valence-corrected chi connectivity index (χ2v) is 6.42. The highest BCUT2D eigenvalue weighted by atomic mass is 16.3. The molecule has 1 aliphatic heterocycles. The minimum Gasteiger partial charge on any atom is -0.385 e. The molecule has 0 saturated carbocycles. The van der Waals surface area contributed by atoms with Crippen LogP contribution in [0.2, 0.25) is 0 Å². The molecular weight excluding hydrogens is 260 g/mol. The SMILES string of the molecule is CC(C)N1CCCC(O)(c2cccc3ccncc23)CC1. The van der Waals surface area contributed by atoms with Crippen LogP contribution in [0.3, 0.4) is 0 Å². The molecule has 3 rings (SSSR count). The number of hydrogen-bond donors (Lipinski definition) is 1. The lowest BCUT2D eigenvalue weighted by Gasteiger charge is -2.29. The van der Waals surface area contributed by atoms with E-state index < -0.39 is 5.60 Å². The van der Waals surface area contributed by atoms with Crippen LogP contribution in [0.4, 0.5) is 0 Å². The first kappa shape index (κ1) is 14.5. The second-order valence-electron chi connectivity index (χ2n) is 6.42. The quantitative estimate of drug-likeness (QED) is 0.919. The predicted octanol–water partition coefficient (Wildman–Crippen LogP) is 3.32. The number of fused-ring (bicyclic) bond motifs is 1. The Morgan fingerprint density at radius 3 is 2.86 bits per heavy atom. The van der Waals surface area contributed by atoms with Crippen molar-refractivity contribution in [3.8, 4) is 0 Å². The molecule has 1 atom stereocenters. The molecule has 0 aliphatic carbocycles. The summed E-state index contributed by atoms with van der Waals surface area (Å²) in [6.45, 7) is 6.48. The largest absolute Gasteiger partial charge is 0.385 e. The van der Waals surface area contributed by atoms with Gasteiger partial charge in [-0.25, -0.2) is 0 Å².